The number of carbonyl (C=O) groups is 1. The first kappa shape index (κ1) is 13.9. The van der Waals surface area contributed by atoms with Gasteiger partial charge in [0.25, 0.3) is 5.91 Å². The van der Waals surface area contributed by atoms with Crippen LogP contribution in [0.3, 0.4) is 0 Å². The van der Waals surface area contributed by atoms with Crippen LogP contribution >= 0.6 is 0 Å². The van der Waals surface area contributed by atoms with Crippen LogP contribution in [-0.4, -0.2) is 53.4 Å². The number of benzene rings is 1. The molecule has 0 radical (unpaired) electrons. The summed E-state index contributed by atoms with van der Waals surface area (Å²) < 4.78 is 0. The third kappa shape index (κ3) is 3.00. The lowest BCUT2D eigenvalue weighted by Crippen LogP contribution is -2.49. The molecule has 0 spiro atoms. The van der Waals surface area contributed by atoms with Gasteiger partial charge in [0.1, 0.15) is 5.69 Å². The lowest BCUT2D eigenvalue weighted by Gasteiger charge is -2.34. The predicted molar refractivity (Wildman–Crippen MR) is 85.5 cm³/mol. The van der Waals surface area contributed by atoms with Crippen molar-refractivity contribution in [1.29, 1.82) is 0 Å². The molecule has 1 aliphatic rings. The maximum absolute atomic E-state index is 12.6. The standard InChI is InChI=1S/C17H21N3O/c1-13(2)12-19-7-9-20(10-8-19)17(21)16-11-14-5-3-4-6-15(14)18-16/h3-6,11,18H,1,7-10,12H2,2H3. The number of para-hydroxylation sites is 1. The molecule has 2 heterocycles. The number of hydrogen-bond donors (Lipinski definition) is 1. The zero-order valence-corrected chi connectivity index (χ0v) is 12.4. The average molecular weight is 283 g/mol. The lowest BCUT2D eigenvalue weighted by molar-refractivity contribution is 0.0643. The van der Waals surface area contributed by atoms with Crippen molar-refractivity contribution in [2.24, 2.45) is 0 Å². The van der Waals surface area contributed by atoms with Crippen LogP contribution in [0.1, 0.15) is 17.4 Å². The topological polar surface area (TPSA) is 39.3 Å². The van der Waals surface area contributed by atoms with Crippen LogP contribution in [0.4, 0.5) is 0 Å². The molecule has 0 unspecified atom stereocenters. The SMILES string of the molecule is C=C(C)CN1CCN(C(=O)c2cc3ccccc3[nH]2)CC1. The molecule has 0 atom stereocenters. The van der Waals surface area contributed by atoms with Gasteiger partial charge >= 0.3 is 0 Å². The molecule has 1 aromatic carbocycles. The maximum Gasteiger partial charge on any atom is 0.270 e. The number of carbonyl (C=O) groups excluding carboxylic acids is 1. The summed E-state index contributed by atoms with van der Waals surface area (Å²) in [4.78, 5) is 20.0. The Bertz CT molecular complexity index is 632. The van der Waals surface area contributed by atoms with Gasteiger partial charge in [0.15, 0.2) is 0 Å². The van der Waals surface area contributed by atoms with E-state index in [1.54, 1.807) is 0 Å². The fourth-order valence-corrected chi connectivity index (χ4v) is 2.85. The molecule has 0 aliphatic carbocycles. The highest BCUT2D eigenvalue weighted by atomic mass is 16.2. The molecule has 1 fully saturated rings. The number of aromatic nitrogens is 1. The Balaban J connectivity index is 1.67. The monoisotopic (exact) mass is 283 g/mol. The van der Waals surface area contributed by atoms with Gasteiger partial charge in [0.05, 0.1) is 0 Å². The molecule has 4 heteroatoms. The van der Waals surface area contributed by atoms with E-state index >= 15 is 0 Å². The zero-order valence-electron chi connectivity index (χ0n) is 12.4. The van der Waals surface area contributed by atoms with Gasteiger partial charge in [-0.15, -0.1) is 0 Å². The van der Waals surface area contributed by atoms with Crippen LogP contribution in [-0.2, 0) is 0 Å². The number of rotatable bonds is 3. The molecule has 1 aliphatic heterocycles. The highest BCUT2D eigenvalue weighted by Crippen LogP contribution is 2.17. The lowest BCUT2D eigenvalue weighted by atomic mass is 10.2. The molecule has 1 aromatic heterocycles. The van der Waals surface area contributed by atoms with Gasteiger partial charge in [0, 0.05) is 43.6 Å². The first-order chi connectivity index (χ1) is 10.1. The summed E-state index contributed by atoms with van der Waals surface area (Å²) in [5.74, 6) is 0.0983. The van der Waals surface area contributed by atoms with Crippen molar-refractivity contribution >= 4 is 16.8 Å². The Morgan fingerprint density at radius 1 is 1.24 bits per heavy atom. The smallest absolute Gasteiger partial charge is 0.270 e. The first-order valence-electron chi connectivity index (χ1n) is 7.37. The van der Waals surface area contributed by atoms with Crippen molar-refractivity contribution < 1.29 is 4.79 Å². The number of nitrogens with zero attached hydrogens (tertiary/aromatic N) is 2. The van der Waals surface area contributed by atoms with Crippen molar-refractivity contribution in [2.75, 3.05) is 32.7 Å². The Morgan fingerprint density at radius 2 is 1.95 bits per heavy atom. The molecule has 0 bridgehead atoms. The van der Waals surface area contributed by atoms with Crippen LogP contribution in [0, 0.1) is 0 Å². The molecule has 1 saturated heterocycles. The number of amides is 1. The molecule has 110 valence electrons. The number of hydrogen-bond acceptors (Lipinski definition) is 2. The summed E-state index contributed by atoms with van der Waals surface area (Å²) in [6.07, 6.45) is 0. The second-order valence-corrected chi connectivity index (χ2v) is 5.80. The summed E-state index contributed by atoms with van der Waals surface area (Å²) in [5.41, 5.74) is 2.87. The van der Waals surface area contributed by atoms with E-state index < -0.39 is 0 Å². The predicted octanol–water partition coefficient (Wildman–Crippen LogP) is 2.50. The maximum atomic E-state index is 12.6. The normalized spacial score (nSPS) is 16.3. The average Bonchev–Trinajstić information content (AvgIpc) is 2.90. The van der Waals surface area contributed by atoms with E-state index in [4.69, 9.17) is 0 Å². The minimum atomic E-state index is 0.0983. The van der Waals surface area contributed by atoms with Crippen LogP contribution in [0.25, 0.3) is 10.9 Å². The molecule has 0 saturated carbocycles. The van der Waals surface area contributed by atoms with Crippen LogP contribution in [0.2, 0.25) is 0 Å². The van der Waals surface area contributed by atoms with Gasteiger partial charge < -0.3 is 9.88 Å². The largest absolute Gasteiger partial charge is 0.351 e. The van der Waals surface area contributed by atoms with E-state index in [1.165, 1.54) is 5.57 Å². The fourth-order valence-electron chi connectivity index (χ4n) is 2.85. The van der Waals surface area contributed by atoms with Crippen LogP contribution in [0.5, 0.6) is 0 Å². The van der Waals surface area contributed by atoms with E-state index in [1.807, 2.05) is 42.2 Å². The van der Waals surface area contributed by atoms with Gasteiger partial charge in [-0.1, -0.05) is 30.4 Å². The van der Waals surface area contributed by atoms with Crippen molar-refractivity contribution in [3.63, 3.8) is 0 Å². The number of nitrogens with one attached hydrogen (secondary N) is 1. The summed E-state index contributed by atoms with van der Waals surface area (Å²) in [5, 5.41) is 1.08. The van der Waals surface area contributed by atoms with Crippen molar-refractivity contribution in [2.45, 2.75) is 6.92 Å². The molecule has 21 heavy (non-hydrogen) atoms. The van der Waals surface area contributed by atoms with Crippen LogP contribution in [0.15, 0.2) is 42.5 Å². The van der Waals surface area contributed by atoms with Crippen molar-refractivity contribution in [3.05, 3.63) is 48.2 Å². The van der Waals surface area contributed by atoms with Gasteiger partial charge in [-0.3, -0.25) is 9.69 Å². The molecule has 1 N–H and O–H groups in total. The highest BCUT2D eigenvalue weighted by molar-refractivity contribution is 5.98. The second-order valence-electron chi connectivity index (χ2n) is 5.80. The summed E-state index contributed by atoms with van der Waals surface area (Å²) in [6.45, 7) is 10.3. The van der Waals surface area contributed by atoms with E-state index in [-0.39, 0.29) is 5.91 Å². The van der Waals surface area contributed by atoms with Crippen LogP contribution < -0.4 is 0 Å². The molecular formula is C17H21N3O. The zero-order chi connectivity index (χ0) is 14.8. The quantitative estimate of drug-likeness (QED) is 0.879. The number of H-pyrrole nitrogens is 1. The third-order valence-electron chi connectivity index (χ3n) is 3.91. The number of fused-ring (bicyclic) bond motifs is 1. The Morgan fingerprint density at radius 3 is 2.62 bits per heavy atom. The number of piperazine rings is 1. The first-order valence-corrected chi connectivity index (χ1v) is 7.37. The van der Waals surface area contributed by atoms with E-state index in [0.29, 0.717) is 5.69 Å². The second kappa shape index (κ2) is 5.74. The molecule has 1 amide bonds. The summed E-state index contributed by atoms with van der Waals surface area (Å²) in [6, 6.07) is 9.92. The summed E-state index contributed by atoms with van der Waals surface area (Å²) >= 11 is 0. The Hall–Kier alpha value is -2.07. The number of aromatic amines is 1. The fraction of sp³-hybridized carbons (Fsp3) is 0.353. The van der Waals surface area contributed by atoms with Gasteiger partial charge in [-0.05, 0) is 19.1 Å². The molecule has 2 aromatic rings. The minimum absolute atomic E-state index is 0.0983. The molecule has 3 rings (SSSR count). The van der Waals surface area contributed by atoms with Gasteiger partial charge in [0.2, 0.25) is 0 Å². The van der Waals surface area contributed by atoms with E-state index in [9.17, 15) is 4.79 Å². The molecular weight excluding hydrogens is 262 g/mol. The van der Waals surface area contributed by atoms with E-state index in [0.717, 1.165) is 43.6 Å². The third-order valence-corrected chi connectivity index (χ3v) is 3.91. The van der Waals surface area contributed by atoms with Crippen molar-refractivity contribution in [1.82, 2.24) is 14.8 Å². The Labute approximate surface area is 125 Å². The van der Waals surface area contributed by atoms with Gasteiger partial charge in [-0.25, -0.2) is 0 Å². The summed E-state index contributed by atoms with van der Waals surface area (Å²) in [7, 11) is 0. The van der Waals surface area contributed by atoms with E-state index in [2.05, 4.69) is 16.5 Å². The van der Waals surface area contributed by atoms with Gasteiger partial charge in [-0.2, -0.15) is 0 Å². The highest BCUT2D eigenvalue weighted by Gasteiger charge is 2.23. The van der Waals surface area contributed by atoms with Crippen molar-refractivity contribution in [3.8, 4) is 0 Å². The minimum Gasteiger partial charge on any atom is -0.351 e. The molecule has 4 nitrogen and oxygen atoms in total. The Kier molecular flexibility index (Phi) is 3.80.